The molecule has 122 valence electrons. The van der Waals surface area contributed by atoms with Gasteiger partial charge in [0.25, 0.3) is 5.82 Å². The lowest BCUT2D eigenvalue weighted by Crippen LogP contribution is -2.29. The molecule has 0 saturated carbocycles. The van der Waals surface area contributed by atoms with Crippen molar-refractivity contribution in [3.8, 4) is 11.4 Å². The highest BCUT2D eigenvalue weighted by Gasteiger charge is 2.25. The molecule has 2 heterocycles. The Kier molecular flexibility index (Phi) is 2.84. The highest BCUT2D eigenvalue weighted by molar-refractivity contribution is 6.23. The molecule has 5 rings (SSSR count). The molecule has 25 heavy (non-hydrogen) atoms. The van der Waals surface area contributed by atoms with Gasteiger partial charge in [-0.2, -0.15) is 0 Å². The summed E-state index contributed by atoms with van der Waals surface area (Å²) < 4.78 is 10.7. The van der Waals surface area contributed by atoms with E-state index in [1.807, 2.05) is 12.1 Å². The fraction of sp³-hybridized carbons (Fsp3) is 0.136. The summed E-state index contributed by atoms with van der Waals surface area (Å²) in [5.74, 6) is 1.15. The highest BCUT2D eigenvalue weighted by atomic mass is 16.3. The first-order valence-electron chi connectivity index (χ1n) is 8.50. The number of para-hydroxylation sites is 1. The van der Waals surface area contributed by atoms with Crippen LogP contribution in [0.1, 0.15) is 5.56 Å². The summed E-state index contributed by atoms with van der Waals surface area (Å²) in [6, 6.07) is 16.9. The maximum absolute atomic E-state index is 6.38. The van der Waals surface area contributed by atoms with Crippen LogP contribution < -0.4 is 4.57 Å². The van der Waals surface area contributed by atoms with E-state index in [4.69, 9.17) is 4.42 Å². The molecule has 0 spiro atoms. The van der Waals surface area contributed by atoms with E-state index < -0.39 is 0 Å². The summed E-state index contributed by atoms with van der Waals surface area (Å²) in [5.41, 5.74) is 4.32. The molecule has 2 aromatic heterocycles. The summed E-state index contributed by atoms with van der Waals surface area (Å²) >= 11 is 0. The van der Waals surface area contributed by atoms with Crippen molar-refractivity contribution in [2.45, 2.75) is 6.92 Å². The summed E-state index contributed by atoms with van der Waals surface area (Å²) in [7, 11) is 4.16. The van der Waals surface area contributed by atoms with Crippen LogP contribution in [0.2, 0.25) is 0 Å². The zero-order valence-corrected chi connectivity index (χ0v) is 14.6. The van der Waals surface area contributed by atoms with Gasteiger partial charge in [0.15, 0.2) is 5.58 Å². The average molecular weight is 327 g/mol. The molecule has 0 amide bonds. The fourth-order valence-electron chi connectivity index (χ4n) is 4.03. The second kappa shape index (κ2) is 4.96. The first-order chi connectivity index (χ1) is 12.2. The lowest BCUT2D eigenvalue weighted by atomic mass is 9.94. The number of rotatable bonds is 1. The van der Waals surface area contributed by atoms with E-state index in [9.17, 15) is 0 Å². The van der Waals surface area contributed by atoms with E-state index >= 15 is 0 Å². The normalized spacial score (nSPS) is 11.8. The topological polar surface area (TPSA) is 21.9 Å². The lowest BCUT2D eigenvalue weighted by Gasteiger charge is -2.10. The van der Waals surface area contributed by atoms with E-state index in [0.29, 0.717) is 0 Å². The molecule has 0 N–H and O–H groups in total. The molecule has 0 fully saturated rings. The third-order valence-corrected chi connectivity index (χ3v) is 5.20. The van der Waals surface area contributed by atoms with Crippen molar-refractivity contribution in [2.24, 2.45) is 14.1 Å². The number of hydrogen-bond donors (Lipinski definition) is 0. The molecular weight excluding hydrogens is 308 g/mol. The Labute approximate surface area is 145 Å². The van der Waals surface area contributed by atoms with Gasteiger partial charge in [-0.1, -0.05) is 42.5 Å². The summed E-state index contributed by atoms with van der Waals surface area (Å²) in [6.07, 6.45) is 4.16. The van der Waals surface area contributed by atoms with Gasteiger partial charge in [0.1, 0.15) is 23.5 Å². The molecule has 0 aliphatic carbocycles. The monoisotopic (exact) mass is 327 g/mol. The number of nitrogens with zero attached hydrogens (tertiary/aromatic N) is 2. The van der Waals surface area contributed by atoms with Crippen molar-refractivity contribution in [3.63, 3.8) is 0 Å². The standard InChI is InChI=1S/C22H19N2O/c1-14-15-8-4-5-9-16(15)20-17-10-6-7-11-18(17)25-21(20)19(14)22-23(2)12-13-24(22)3/h4-13H,1-3H3/q+1. The van der Waals surface area contributed by atoms with Crippen LogP contribution in [-0.2, 0) is 14.1 Å². The predicted octanol–water partition coefficient (Wildman–Crippen LogP) is 4.88. The van der Waals surface area contributed by atoms with E-state index in [-0.39, 0.29) is 0 Å². The fourth-order valence-corrected chi connectivity index (χ4v) is 4.03. The van der Waals surface area contributed by atoms with Crippen molar-refractivity contribution >= 4 is 32.7 Å². The Morgan fingerprint density at radius 1 is 0.920 bits per heavy atom. The highest BCUT2D eigenvalue weighted by Crippen LogP contribution is 2.42. The maximum Gasteiger partial charge on any atom is 0.292 e. The molecular formula is C22H19N2O+. The van der Waals surface area contributed by atoms with Gasteiger partial charge in [-0.25, -0.2) is 9.13 Å². The predicted molar refractivity (Wildman–Crippen MR) is 102 cm³/mol. The molecule has 0 aliphatic heterocycles. The Morgan fingerprint density at radius 2 is 1.60 bits per heavy atom. The third-order valence-electron chi connectivity index (χ3n) is 5.20. The number of benzene rings is 3. The van der Waals surface area contributed by atoms with Crippen LogP contribution in [0.4, 0.5) is 0 Å². The zero-order chi connectivity index (χ0) is 17.1. The molecule has 0 bridgehead atoms. The molecule has 0 radical (unpaired) electrons. The summed E-state index contributed by atoms with van der Waals surface area (Å²) in [4.78, 5) is 0. The second-order valence-electron chi connectivity index (χ2n) is 6.69. The van der Waals surface area contributed by atoms with Crippen molar-refractivity contribution in [1.82, 2.24) is 4.57 Å². The largest absolute Gasteiger partial charge is 0.455 e. The van der Waals surface area contributed by atoms with Crippen LogP contribution in [0.3, 0.4) is 0 Å². The van der Waals surface area contributed by atoms with Crippen molar-refractivity contribution < 1.29 is 8.98 Å². The summed E-state index contributed by atoms with van der Waals surface area (Å²) in [5, 5.41) is 4.90. The van der Waals surface area contributed by atoms with Gasteiger partial charge in [0.05, 0.1) is 14.1 Å². The van der Waals surface area contributed by atoms with Crippen LogP contribution >= 0.6 is 0 Å². The molecule has 3 aromatic carbocycles. The molecule has 0 aliphatic rings. The second-order valence-corrected chi connectivity index (χ2v) is 6.69. The number of hydrogen-bond acceptors (Lipinski definition) is 1. The van der Waals surface area contributed by atoms with Crippen LogP contribution in [-0.4, -0.2) is 4.57 Å². The molecule has 3 nitrogen and oxygen atoms in total. The molecule has 0 saturated heterocycles. The molecule has 0 unspecified atom stereocenters. The van der Waals surface area contributed by atoms with Crippen molar-refractivity contribution in [2.75, 3.05) is 0 Å². The quantitative estimate of drug-likeness (QED) is 0.402. The molecule has 5 aromatic rings. The third kappa shape index (κ3) is 1.84. The van der Waals surface area contributed by atoms with E-state index in [0.717, 1.165) is 17.0 Å². The van der Waals surface area contributed by atoms with Gasteiger partial charge in [0.2, 0.25) is 0 Å². The molecule has 3 heteroatoms. The van der Waals surface area contributed by atoms with Gasteiger partial charge < -0.3 is 4.42 Å². The maximum atomic E-state index is 6.38. The average Bonchev–Trinajstić information content (AvgIpc) is 3.17. The first-order valence-corrected chi connectivity index (χ1v) is 8.50. The van der Waals surface area contributed by atoms with Crippen LogP contribution in [0, 0.1) is 6.92 Å². The van der Waals surface area contributed by atoms with E-state index in [2.05, 4.69) is 78.9 Å². The number of imidazole rings is 1. The van der Waals surface area contributed by atoms with Gasteiger partial charge in [-0.15, -0.1) is 0 Å². The van der Waals surface area contributed by atoms with Crippen LogP contribution in [0.25, 0.3) is 44.1 Å². The minimum Gasteiger partial charge on any atom is -0.455 e. The Balaban J connectivity index is 2.12. The Bertz CT molecular complexity index is 1250. The Morgan fingerprint density at radius 3 is 2.32 bits per heavy atom. The lowest BCUT2D eigenvalue weighted by molar-refractivity contribution is -0.659. The molecule has 0 atom stereocenters. The number of aromatic nitrogens is 2. The van der Waals surface area contributed by atoms with Crippen molar-refractivity contribution in [1.29, 1.82) is 0 Å². The van der Waals surface area contributed by atoms with E-state index in [1.54, 1.807) is 0 Å². The zero-order valence-electron chi connectivity index (χ0n) is 14.6. The minimum absolute atomic E-state index is 0.936. The SMILES string of the molecule is Cc1c(-c2n(C)cc[n+]2C)c2oc3ccccc3c2c2ccccc12. The van der Waals surface area contributed by atoms with Gasteiger partial charge in [-0.05, 0) is 29.3 Å². The number of furan rings is 1. The van der Waals surface area contributed by atoms with E-state index in [1.165, 1.54) is 32.7 Å². The van der Waals surface area contributed by atoms with Gasteiger partial charge in [-0.3, -0.25) is 0 Å². The number of fused-ring (bicyclic) bond motifs is 5. The van der Waals surface area contributed by atoms with Crippen LogP contribution in [0.15, 0.2) is 65.3 Å². The minimum atomic E-state index is 0.936. The van der Waals surface area contributed by atoms with Crippen LogP contribution in [0.5, 0.6) is 0 Å². The van der Waals surface area contributed by atoms with Gasteiger partial charge >= 0.3 is 0 Å². The number of aryl methyl sites for hydroxylation is 3. The van der Waals surface area contributed by atoms with Gasteiger partial charge in [0, 0.05) is 10.8 Å². The Hall–Kier alpha value is -3.07. The smallest absolute Gasteiger partial charge is 0.292 e. The first kappa shape index (κ1) is 14.3. The summed E-state index contributed by atoms with van der Waals surface area (Å²) in [6.45, 7) is 2.19. The van der Waals surface area contributed by atoms with Crippen molar-refractivity contribution in [3.05, 3.63) is 66.5 Å².